The lowest BCUT2D eigenvalue weighted by atomic mass is 9.76. The number of rotatable bonds is 19. The van der Waals surface area contributed by atoms with Crippen molar-refractivity contribution < 1.29 is 47.7 Å². The molecule has 7 heterocycles. The van der Waals surface area contributed by atoms with E-state index < -0.39 is 17.7 Å². The molecule has 514 valence electrons. The predicted molar refractivity (Wildman–Crippen MR) is 384 cm³/mol. The predicted octanol–water partition coefficient (Wildman–Crippen LogP) is 10.8. The molecular weight excluding hydrogens is 1270 g/mol. The van der Waals surface area contributed by atoms with Gasteiger partial charge in [0.2, 0.25) is 17.7 Å². The van der Waals surface area contributed by atoms with Crippen molar-refractivity contribution >= 4 is 64.3 Å². The molecule has 25 nitrogen and oxygen atoms in total. The lowest BCUT2D eigenvalue weighted by Crippen LogP contribution is -2.49. The third-order valence-electron chi connectivity index (χ3n) is 18.4. The Bertz CT molecular complexity index is 4570. The standard InChI is InChI=1S/C28H31N5O3.C24H25N5O4.C23H23N5O3/c1-3-23(34)32-17-13-20(14-18-32)28(2)15-16-30-27-24(26(29)35)25(31-33(27)28)19-9-11-22(12-10-19)36-21-7-5-4-6-8-21;1-4-20(30)27-16-8-6-5-7-15(16)17-11-12-26-24-21(23(25)31)22(28-29(17)24)14-9-10-18(32-2)19(13-14)33-3;1-3-19(29)26-17-7-5-4-6-16(17)18-12-13-25-23-20(22(24)30)21(27-28(18)23)14-8-10-15(31-2)11-9-14/h3-12,20,30H,1,13-18H2,2H3,(H2,29,35);4-10,13,17,26H,1,11-12H2,2-3H3,(H2,25,31)(H,27,30);3-11,18,25H,1,12-13H2,2H3,(H2,24,30)(H,26,29). The van der Waals surface area contributed by atoms with Crippen LogP contribution in [0.3, 0.4) is 0 Å². The van der Waals surface area contributed by atoms with Crippen molar-refractivity contribution in [1.29, 1.82) is 0 Å². The van der Waals surface area contributed by atoms with Gasteiger partial charge in [0.1, 0.15) is 68.5 Å². The van der Waals surface area contributed by atoms with Gasteiger partial charge >= 0.3 is 0 Å². The smallest absolute Gasteiger partial charge is 0.254 e. The number of primary amides is 3. The van der Waals surface area contributed by atoms with Crippen molar-refractivity contribution in [2.45, 2.75) is 56.7 Å². The van der Waals surface area contributed by atoms with Crippen molar-refractivity contribution in [1.82, 2.24) is 34.2 Å². The van der Waals surface area contributed by atoms with Gasteiger partial charge in [-0.1, -0.05) is 74.3 Å². The Hall–Kier alpha value is -12.4. The fourth-order valence-electron chi connectivity index (χ4n) is 13.4. The summed E-state index contributed by atoms with van der Waals surface area (Å²) in [7, 11) is 4.69. The van der Waals surface area contributed by atoms with E-state index in [4.69, 9.17) is 51.4 Å². The number of methoxy groups -OCH3 is 3. The summed E-state index contributed by atoms with van der Waals surface area (Å²) in [6.45, 7) is 16.2. The van der Waals surface area contributed by atoms with E-state index >= 15 is 0 Å². The van der Waals surface area contributed by atoms with Crippen molar-refractivity contribution in [3.8, 4) is 62.5 Å². The van der Waals surface area contributed by atoms with Crippen molar-refractivity contribution in [3.05, 3.63) is 211 Å². The molecule has 0 spiro atoms. The molecular formula is C75H79N15O10. The zero-order valence-corrected chi connectivity index (χ0v) is 56.0. The van der Waals surface area contributed by atoms with Crippen LogP contribution in [0.4, 0.5) is 28.8 Å². The van der Waals surface area contributed by atoms with Crippen LogP contribution in [0.2, 0.25) is 0 Å². The number of nitrogens with one attached hydrogen (secondary N) is 5. The summed E-state index contributed by atoms with van der Waals surface area (Å²) in [5.74, 6) is 3.01. The second kappa shape index (κ2) is 30.3. The molecule has 13 rings (SSSR count). The van der Waals surface area contributed by atoms with Gasteiger partial charge in [0, 0.05) is 71.9 Å². The summed E-state index contributed by atoms with van der Waals surface area (Å²) >= 11 is 0. The first-order chi connectivity index (χ1) is 48.4. The number of ether oxygens (including phenoxy) is 4. The van der Waals surface area contributed by atoms with Crippen molar-refractivity contribution in [2.75, 3.05) is 80.6 Å². The van der Waals surface area contributed by atoms with Crippen LogP contribution < -0.4 is 62.7 Å². The number of carbonyl (C=O) groups excluding carboxylic acids is 6. The molecule has 3 atom stereocenters. The second-order valence-corrected chi connectivity index (χ2v) is 24.2. The number of nitrogens with zero attached hydrogens (tertiary/aromatic N) is 7. The monoisotopic (exact) mass is 1350 g/mol. The second-order valence-electron chi connectivity index (χ2n) is 24.2. The van der Waals surface area contributed by atoms with Crippen LogP contribution in [0.1, 0.15) is 93.3 Å². The first-order valence-corrected chi connectivity index (χ1v) is 32.6. The Morgan fingerprint density at radius 3 is 1.45 bits per heavy atom. The van der Waals surface area contributed by atoms with Crippen LogP contribution in [-0.2, 0) is 19.9 Å². The summed E-state index contributed by atoms with van der Waals surface area (Å²) < 4.78 is 27.4. The maximum absolute atomic E-state index is 12.6. The number of nitrogens with two attached hydrogens (primary N) is 3. The zero-order valence-electron chi connectivity index (χ0n) is 56.0. The number of piperidine rings is 1. The number of benzene rings is 6. The summed E-state index contributed by atoms with van der Waals surface area (Å²) in [5.41, 5.74) is 24.9. The van der Waals surface area contributed by atoms with E-state index in [0.717, 1.165) is 60.2 Å². The van der Waals surface area contributed by atoms with Gasteiger partial charge in [0.05, 0.1) is 39.0 Å². The van der Waals surface area contributed by atoms with Gasteiger partial charge in [0.15, 0.2) is 11.5 Å². The van der Waals surface area contributed by atoms with Gasteiger partial charge < -0.3 is 67.6 Å². The topological polar surface area (TPSA) is 334 Å². The van der Waals surface area contributed by atoms with Crippen LogP contribution in [0.15, 0.2) is 184 Å². The highest BCUT2D eigenvalue weighted by molar-refractivity contribution is 6.06. The molecule has 6 amide bonds. The van der Waals surface area contributed by atoms with Crippen molar-refractivity contribution in [2.24, 2.45) is 23.1 Å². The molecule has 4 aliphatic rings. The maximum atomic E-state index is 12.6. The Labute approximate surface area is 578 Å². The Morgan fingerprint density at radius 1 is 0.510 bits per heavy atom. The summed E-state index contributed by atoms with van der Waals surface area (Å²) in [4.78, 5) is 75.3. The number of fused-ring (bicyclic) bond motifs is 3. The molecule has 1 fully saturated rings. The minimum absolute atomic E-state index is 0.0262. The van der Waals surface area contributed by atoms with Crippen LogP contribution in [-0.4, -0.2) is 124 Å². The molecule has 11 N–H and O–H groups in total. The van der Waals surface area contributed by atoms with E-state index in [1.807, 2.05) is 137 Å². The van der Waals surface area contributed by atoms with E-state index in [1.54, 1.807) is 48.9 Å². The third kappa shape index (κ3) is 14.2. The normalized spacial score (nSPS) is 16.5. The molecule has 100 heavy (non-hydrogen) atoms. The van der Waals surface area contributed by atoms with Crippen LogP contribution in [0.25, 0.3) is 33.8 Å². The van der Waals surface area contributed by atoms with E-state index in [2.05, 4.69) is 53.2 Å². The van der Waals surface area contributed by atoms with Gasteiger partial charge in [-0.25, -0.2) is 14.0 Å². The molecule has 0 bridgehead atoms. The largest absolute Gasteiger partial charge is 0.497 e. The number of likely N-dealkylation sites (tertiary alicyclic amines) is 1. The number of anilines is 5. The molecule has 0 saturated carbocycles. The van der Waals surface area contributed by atoms with Gasteiger partial charge in [-0.3, -0.25) is 28.8 Å². The van der Waals surface area contributed by atoms with Gasteiger partial charge in [-0.15, -0.1) is 0 Å². The molecule has 25 heteroatoms. The average molecular weight is 1350 g/mol. The lowest BCUT2D eigenvalue weighted by Gasteiger charge is -2.45. The first kappa shape index (κ1) is 69.0. The Balaban J connectivity index is 0.000000152. The number of hydrogen-bond acceptors (Lipinski definition) is 16. The Morgan fingerprint density at radius 2 is 0.960 bits per heavy atom. The third-order valence-corrected chi connectivity index (χ3v) is 18.4. The van der Waals surface area contributed by atoms with Gasteiger partial charge in [-0.2, -0.15) is 15.3 Å². The van der Waals surface area contributed by atoms with E-state index in [1.165, 1.54) is 18.2 Å². The van der Waals surface area contributed by atoms with E-state index in [-0.39, 0.29) is 35.3 Å². The van der Waals surface area contributed by atoms with Crippen LogP contribution in [0.5, 0.6) is 28.7 Å². The SMILES string of the molecule is C=CC(=O)N1CCC(C2(C)CCNc3c(C(N)=O)c(-c4ccc(Oc5ccccc5)cc4)nn32)CC1.C=CC(=O)Nc1ccccc1C1CCNc2c(C(N)=O)c(-c3ccc(OC)c(OC)c3)nn21.C=CC(=O)Nc1ccccc1C1CCNc2c(C(N)=O)c(-c3ccc(OC)cc3)nn21. The fraction of sp³-hybridized carbons (Fsp3) is 0.240. The maximum Gasteiger partial charge on any atom is 0.254 e. The summed E-state index contributed by atoms with van der Waals surface area (Å²) in [5, 5.41) is 30.2. The average Bonchev–Trinajstić information content (AvgIpc) is 1.58. The van der Waals surface area contributed by atoms with Gasteiger partial charge in [0.25, 0.3) is 17.7 Å². The quantitative estimate of drug-likeness (QED) is 0.0349. The Kier molecular flexibility index (Phi) is 20.9. The van der Waals surface area contributed by atoms with Gasteiger partial charge in [-0.05, 0) is 154 Å². The lowest BCUT2D eigenvalue weighted by molar-refractivity contribution is -0.128. The number of aromatic nitrogens is 6. The number of hydrogen-bond donors (Lipinski definition) is 8. The molecule has 1 saturated heterocycles. The van der Waals surface area contributed by atoms with E-state index in [9.17, 15) is 28.8 Å². The highest BCUT2D eigenvalue weighted by Gasteiger charge is 2.44. The summed E-state index contributed by atoms with van der Waals surface area (Å²) in [6, 6.07) is 44.3. The molecule has 4 aliphatic heterocycles. The summed E-state index contributed by atoms with van der Waals surface area (Å²) in [6.07, 6.45) is 7.83. The van der Waals surface area contributed by atoms with Crippen LogP contribution >= 0.6 is 0 Å². The first-order valence-electron chi connectivity index (χ1n) is 32.6. The minimum Gasteiger partial charge on any atom is -0.497 e. The molecule has 0 aliphatic carbocycles. The highest BCUT2D eigenvalue weighted by atomic mass is 16.5. The zero-order chi connectivity index (χ0) is 70.8. The van der Waals surface area contributed by atoms with E-state index in [0.29, 0.717) is 130 Å². The molecule has 3 aromatic heterocycles. The molecule has 0 radical (unpaired) electrons. The molecule has 9 aromatic rings. The highest BCUT2D eigenvalue weighted by Crippen LogP contribution is 2.46. The number of amides is 6. The molecule has 3 unspecified atom stereocenters. The fourth-order valence-corrected chi connectivity index (χ4v) is 13.4. The minimum atomic E-state index is -0.595. The van der Waals surface area contributed by atoms with Crippen molar-refractivity contribution in [3.63, 3.8) is 0 Å². The number of carbonyl (C=O) groups is 6. The number of para-hydroxylation sites is 3. The van der Waals surface area contributed by atoms with Crippen LogP contribution in [0, 0.1) is 5.92 Å². The molecule has 6 aromatic carbocycles.